The molecule has 0 spiro atoms. The first kappa shape index (κ1) is 10.6. The molecule has 1 saturated carbocycles. The van der Waals surface area contributed by atoms with Crippen molar-refractivity contribution in [1.82, 2.24) is 15.0 Å². The van der Waals surface area contributed by atoms with Gasteiger partial charge in [-0.15, -0.1) is 0 Å². The van der Waals surface area contributed by atoms with Crippen molar-refractivity contribution < 1.29 is 0 Å². The first-order chi connectivity index (χ1) is 7.35. The molecule has 1 heterocycles. The van der Waals surface area contributed by atoms with Crippen molar-refractivity contribution in [2.24, 2.45) is 11.8 Å². The molecular formula is C11H20N4. The fourth-order valence-corrected chi connectivity index (χ4v) is 2.03. The Morgan fingerprint density at radius 1 is 1.67 bits per heavy atom. The molecule has 0 aromatic carbocycles. The third kappa shape index (κ3) is 2.58. The number of hydrazine groups is 1. The van der Waals surface area contributed by atoms with Crippen LogP contribution in [0.25, 0.3) is 0 Å². The van der Waals surface area contributed by atoms with Crippen molar-refractivity contribution in [3.05, 3.63) is 18.2 Å². The maximum absolute atomic E-state index is 5.57. The molecular weight excluding hydrogens is 188 g/mol. The highest BCUT2D eigenvalue weighted by molar-refractivity contribution is 4.99. The van der Waals surface area contributed by atoms with Crippen molar-refractivity contribution in [3.63, 3.8) is 0 Å². The molecule has 1 aliphatic rings. The smallest absolute Gasteiger partial charge is 0.110 e. The Morgan fingerprint density at radius 3 is 3.07 bits per heavy atom. The second-order valence-electron chi connectivity index (χ2n) is 4.35. The van der Waals surface area contributed by atoms with Gasteiger partial charge in [0.05, 0.1) is 0 Å². The lowest BCUT2D eigenvalue weighted by Gasteiger charge is -2.15. The Bertz CT molecular complexity index is 303. The average Bonchev–Trinajstić information content (AvgIpc) is 2.99. The standard InChI is InChI=1S/C11H20N4/c1-2-6-15-7-5-13-11(15)8-10(14-12)9-3-4-9/h5,7,9-10,14H,2-4,6,8,12H2,1H3. The zero-order valence-corrected chi connectivity index (χ0v) is 9.32. The Kier molecular flexibility index (Phi) is 3.38. The zero-order chi connectivity index (χ0) is 10.7. The van der Waals surface area contributed by atoms with E-state index in [4.69, 9.17) is 5.84 Å². The van der Waals surface area contributed by atoms with Gasteiger partial charge in [0, 0.05) is 31.4 Å². The maximum Gasteiger partial charge on any atom is 0.110 e. The van der Waals surface area contributed by atoms with Crippen molar-refractivity contribution in [2.75, 3.05) is 0 Å². The highest BCUT2D eigenvalue weighted by Crippen LogP contribution is 2.33. The molecule has 1 aliphatic carbocycles. The highest BCUT2D eigenvalue weighted by Gasteiger charge is 2.31. The van der Waals surface area contributed by atoms with Gasteiger partial charge in [-0.2, -0.15) is 0 Å². The lowest BCUT2D eigenvalue weighted by Crippen LogP contribution is -2.39. The van der Waals surface area contributed by atoms with Gasteiger partial charge in [-0.1, -0.05) is 6.92 Å². The number of nitrogens with one attached hydrogen (secondary N) is 1. The quantitative estimate of drug-likeness (QED) is 0.543. The van der Waals surface area contributed by atoms with Crippen molar-refractivity contribution in [3.8, 4) is 0 Å². The summed E-state index contributed by atoms with van der Waals surface area (Å²) in [7, 11) is 0. The fourth-order valence-electron chi connectivity index (χ4n) is 2.03. The molecule has 4 nitrogen and oxygen atoms in total. The molecule has 0 aliphatic heterocycles. The van der Waals surface area contributed by atoms with E-state index in [1.807, 2.05) is 6.20 Å². The van der Waals surface area contributed by atoms with Crippen molar-refractivity contribution in [1.29, 1.82) is 0 Å². The van der Waals surface area contributed by atoms with Gasteiger partial charge in [0.1, 0.15) is 5.82 Å². The van der Waals surface area contributed by atoms with E-state index >= 15 is 0 Å². The third-order valence-corrected chi connectivity index (χ3v) is 3.07. The van der Waals surface area contributed by atoms with Crippen LogP contribution >= 0.6 is 0 Å². The minimum atomic E-state index is 0.406. The largest absolute Gasteiger partial charge is 0.335 e. The number of imidazole rings is 1. The van der Waals surface area contributed by atoms with Crippen LogP contribution in [0.5, 0.6) is 0 Å². The first-order valence-electron chi connectivity index (χ1n) is 5.81. The van der Waals surface area contributed by atoms with Crippen LogP contribution in [-0.2, 0) is 13.0 Å². The fraction of sp³-hybridized carbons (Fsp3) is 0.727. The molecule has 3 N–H and O–H groups in total. The van der Waals surface area contributed by atoms with E-state index in [0.29, 0.717) is 6.04 Å². The molecule has 4 heteroatoms. The molecule has 1 unspecified atom stereocenters. The topological polar surface area (TPSA) is 55.9 Å². The minimum Gasteiger partial charge on any atom is -0.335 e. The summed E-state index contributed by atoms with van der Waals surface area (Å²) in [6.45, 7) is 3.24. The first-order valence-corrected chi connectivity index (χ1v) is 5.81. The Balaban J connectivity index is 1.98. The van der Waals surface area contributed by atoms with Gasteiger partial charge in [0.25, 0.3) is 0 Å². The second kappa shape index (κ2) is 4.77. The summed E-state index contributed by atoms with van der Waals surface area (Å²) < 4.78 is 2.23. The van der Waals surface area contributed by atoms with Gasteiger partial charge in [-0.3, -0.25) is 11.3 Å². The minimum absolute atomic E-state index is 0.406. The van der Waals surface area contributed by atoms with E-state index in [9.17, 15) is 0 Å². The predicted octanol–water partition coefficient (Wildman–Crippen LogP) is 1.08. The van der Waals surface area contributed by atoms with Gasteiger partial charge in [-0.25, -0.2) is 4.98 Å². The number of rotatable bonds is 6. The summed E-state index contributed by atoms with van der Waals surface area (Å²) in [5.41, 5.74) is 2.92. The summed E-state index contributed by atoms with van der Waals surface area (Å²) >= 11 is 0. The number of hydrogen-bond acceptors (Lipinski definition) is 3. The molecule has 1 fully saturated rings. The van der Waals surface area contributed by atoms with E-state index in [1.54, 1.807) is 0 Å². The predicted molar refractivity (Wildman–Crippen MR) is 60.1 cm³/mol. The Labute approximate surface area is 90.8 Å². The normalized spacial score (nSPS) is 18.0. The molecule has 1 aromatic heterocycles. The molecule has 15 heavy (non-hydrogen) atoms. The van der Waals surface area contributed by atoms with E-state index < -0.39 is 0 Å². The Morgan fingerprint density at radius 2 is 2.47 bits per heavy atom. The van der Waals surface area contributed by atoms with Crippen molar-refractivity contribution >= 4 is 0 Å². The molecule has 0 bridgehead atoms. The second-order valence-corrected chi connectivity index (χ2v) is 4.35. The van der Waals surface area contributed by atoms with Crippen LogP contribution in [0.4, 0.5) is 0 Å². The molecule has 0 radical (unpaired) electrons. The van der Waals surface area contributed by atoms with Gasteiger partial charge in [0.15, 0.2) is 0 Å². The van der Waals surface area contributed by atoms with Crippen LogP contribution in [0.2, 0.25) is 0 Å². The number of nitrogens with two attached hydrogens (primary N) is 1. The lowest BCUT2D eigenvalue weighted by atomic mass is 10.1. The number of aryl methyl sites for hydroxylation is 1. The molecule has 0 amide bonds. The van der Waals surface area contributed by atoms with Gasteiger partial charge >= 0.3 is 0 Å². The molecule has 1 atom stereocenters. The molecule has 84 valence electrons. The number of hydrogen-bond donors (Lipinski definition) is 2. The van der Waals surface area contributed by atoms with Gasteiger partial charge in [0.2, 0.25) is 0 Å². The lowest BCUT2D eigenvalue weighted by molar-refractivity contribution is 0.453. The summed E-state index contributed by atoms with van der Waals surface area (Å²) in [5, 5.41) is 0. The van der Waals surface area contributed by atoms with Crippen LogP contribution in [-0.4, -0.2) is 15.6 Å². The van der Waals surface area contributed by atoms with E-state index in [1.165, 1.54) is 12.8 Å². The number of nitrogens with zero attached hydrogens (tertiary/aromatic N) is 2. The zero-order valence-electron chi connectivity index (χ0n) is 9.32. The van der Waals surface area contributed by atoms with Crippen LogP contribution in [0.1, 0.15) is 32.0 Å². The molecule has 0 saturated heterocycles. The SMILES string of the molecule is CCCn1ccnc1CC(NN)C1CC1. The summed E-state index contributed by atoms with van der Waals surface area (Å²) in [6.07, 6.45) is 8.65. The van der Waals surface area contributed by atoms with Gasteiger partial charge in [-0.05, 0) is 25.2 Å². The highest BCUT2D eigenvalue weighted by atomic mass is 15.2. The van der Waals surface area contributed by atoms with Crippen LogP contribution in [0.3, 0.4) is 0 Å². The summed E-state index contributed by atoms with van der Waals surface area (Å²) in [4.78, 5) is 4.40. The van der Waals surface area contributed by atoms with E-state index in [0.717, 1.165) is 31.1 Å². The average molecular weight is 208 g/mol. The molecule has 1 aromatic rings. The summed E-state index contributed by atoms with van der Waals surface area (Å²) in [5.74, 6) is 7.49. The third-order valence-electron chi connectivity index (χ3n) is 3.07. The van der Waals surface area contributed by atoms with Crippen molar-refractivity contribution in [2.45, 2.75) is 45.2 Å². The molecule has 2 rings (SSSR count). The van der Waals surface area contributed by atoms with Crippen LogP contribution < -0.4 is 11.3 Å². The number of aromatic nitrogens is 2. The summed E-state index contributed by atoms with van der Waals surface area (Å²) in [6, 6.07) is 0.406. The Hall–Kier alpha value is -0.870. The van der Waals surface area contributed by atoms with E-state index in [2.05, 4.69) is 28.1 Å². The maximum atomic E-state index is 5.57. The van der Waals surface area contributed by atoms with Crippen LogP contribution in [0.15, 0.2) is 12.4 Å². The monoisotopic (exact) mass is 208 g/mol. The van der Waals surface area contributed by atoms with Crippen LogP contribution in [0, 0.1) is 5.92 Å². The van der Waals surface area contributed by atoms with Gasteiger partial charge < -0.3 is 4.57 Å². The van der Waals surface area contributed by atoms with E-state index in [-0.39, 0.29) is 0 Å².